The quantitative estimate of drug-likeness (QED) is 0.676. The van der Waals surface area contributed by atoms with Crippen LogP contribution in [0.15, 0.2) is 51.8 Å². The fourth-order valence-electron chi connectivity index (χ4n) is 2.24. The molecule has 4 nitrogen and oxygen atoms in total. The molecule has 22 heavy (non-hydrogen) atoms. The van der Waals surface area contributed by atoms with E-state index in [1.54, 1.807) is 18.3 Å². The number of benzene rings is 1. The van der Waals surface area contributed by atoms with Crippen LogP contribution in [0.25, 0.3) is 22.2 Å². The molecule has 0 spiro atoms. The Kier molecular flexibility index (Phi) is 3.86. The lowest BCUT2D eigenvalue weighted by Gasteiger charge is -2.13. The van der Waals surface area contributed by atoms with Gasteiger partial charge in [-0.05, 0) is 32.0 Å². The Morgan fingerprint density at radius 2 is 2.05 bits per heavy atom. The minimum atomic E-state index is -0.439. The Hall–Kier alpha value is -2.33. The largest absolute Gasteiger partial charge is 0.489 e. The molecule has 1 aromatic carbocycles. The molecule has 3 rings (SSSR count). The van der Waals surface area contributed by atoms with Gasteiger partial charge in [-0.2, -0.15) is 0 Å². The molecule has 2 aromatic heterocycles. The summed E-state index contributed by atoms with van der Waals surface area (Å²) in [5.74, 6) is 0.491. The van der Waals surface area contributed by atoms with Crippen molar-refractivity contribution in [3.8, 4) is 17.0 Å². The second-order valence-corrected chi connectivity index (χ2v) is 5.55. The maximum absolute atomic E-state index is 11.8. The third-order valence-electron chi connectivity index (χ3n) is 3.10. The molecule has 3 aromatic rings. The van der Waals surface area contributed by atoms with Crippen LogP contribution < -0.4 is 10.4 Å². The molecule has 2 heterocycles. The van der Waals surface area contributed by atoms with Gasteiger partial charge in [-0.25, -0.2) is 4.79 Å². The van der Waals surface area contributed by atoms with E-state index in [0.717, 1.165) is 5.39 Å². The highest BCUT2D eigenvalue weighted by Crippen LogP contribution is 2.34. The molecule has 0 saturated carbocycles. The first-order valence-electron chi connectivity index (χ1n) is 6.90. The van der Waals surface area contributed by atoms with Crippen molar-refractivity contribution in [3.63, 3.8) is 0 Å². The van der Waals surface area contributed by atoms with E-state index < -0.39 is 5.63 Å². The molecule has 0 unspecified atom stereocenters. The molecule has 0 N–H and O–H groups in total. The molecule has 0 aliphatic rings. The van der Waals surface area contributed by atoms with E-state index in [4.69, 9.17) is 20.8 Å². The molecule has 0 amide bonds. The topological polar surface area (TPSA) is 52.3 Å². The van der Waals surface area contributed by atoms with E-state index in [2.05, 4.69) is 4.98 Å². The number of rotatable bonds is 3. The third-order valence-corrected chi connectivity index (χ3v) is 3.40. The highest BCUT2D eigenvalue weighted by atomic mass is 35.5. The van der Waals surface area contributed by atoms with Crippen molar-refractivity contribution in [2.24, 2.45) is 0 Å². The molecule has 5 heteroatoms. The highest BCUT2D eigenvalue weighted by Gasteiger charge is 2.13. The zero-order valence-corrected chi connectivity index (χ0v) is 12.9. The van der Waals surface area contributed by atoms with Crippen molar-refractivity contribution < 1.29 is 9.15 Å². The van der Waals surface area contributed by atoms with Crippen LogP contribution >= 0.6 is 11.6 Å². The number of ether oxygens (including phenoxy) is 1. The second kappa shape index (κ2) is 5.81. The summed E-state index contributed by atoms with van der Waals surface area (Å²) in [6.07, 6.45) is 1.65. The number of halogens is 1. The van der Waals surface area contributed by atoms with Gasteiger partial charge in [0.25, 0.3) is 0 Å². The van der Waals surface area contributed by atoms with Crippen LogP contribution in [-0.4, -0.2) is 11.1 Å². The molecule has 0 bridgehead atoms. The molecule has 0 fully saturated rings. The number of aromatic nitrogens is 1. The Morgan fingerprint density at radius 3 is 2.73 bits per heavy atom. The summed E-state index contributed by atoms with van der Waals surface area (Å²) in [4.78, 5) is 16.1. The van der Waals surface area contributed by atoms with Crippen LogP contribution in [0.3, 0.4) is 0 Å². The van der Waals surface area contributed by atoms with Crippen LogP contribution in [-0.2, 0) is 0 Å². The minimum Gasteiger partial charge on any atom is -0.489 e. The molecule has 0 aliphatic heterocycles. The van der Waals surface area contributed by atoms with Crippen LogP contribution in [0, 0.1) is 0 Å². The standard InChI is InChI=1S/C17H14ClNO3/c1-10(2)21-16-9-15-12(7-13(16)18)11(8-17(20)22-15)14-5-3-4-6-19-14/h3-10H,1-2H3. The predicted octanol–water partition coefficient (Wildman–Crippen LogP) is 4.30. The molecule has 112 valence electrons. The van der Waals surface area contributed by atoms with Gasteiger partial charge in [0.1, 0.15) is 11.3 Å². The van der Waals surface area contributed by atoms with Crippen molar-refractivity contribution in [1.29, 1.82) is 0 Å². The average molecular weight is 316 g/mol. The smallest absolute Gasteiger partial charge is 0.336 e. The number of fused-ring (bicyclic) bond motifs is 1. The molecule has 0 saturated heterocycles. The summed E-state index contributed by atoms with van der Waals surface area (Å²) in [6, 6.07) is 10.3. The van der Waals surface area contributed by atoms with E-state index in [1.807, 2.05) is 32.0 Å². The molecular formula is C17H14ClNO3. The Morgan fingerprint density at radius 1 is 1.23 bits per heavy atom. The maximum atomic E-state index is 11.8. The van der Waals surface area contributed by atoms with E-state index >= 15 is 0 Å². The van der Waals surface area contributed by atoms with Gasteiger partial charge in [0.05, 0.1) is 16.8 Å². The first-order chi connectivity index (χ1) is 10.5. The van der Waals surface area contributed by atoms with Gasteiger partial charge >= 0.3 is 5.63 Å². The van der Waals surface area contributed by atoms with Crippen molar-refractivity contribution in [3.05, 3.63) is 58.0 Å². The summed E-state index contributed by atoms with van der Waals surface area (Å²) < 4.78 is 10.9. The lowest BCUT2D eigenvalue weighted by Crippen LogP contribution is -2.06. The average Bonchev–Trinajstić information content (AvgIpc) is 2.48. The minimum absolute atomic E-state index is 0.0272. The van der Waals surface area contributed by atoms with Crippen LogP contribution in [0.4, 0.5) is 0 Å². The van der Waals surface area contributed by atoms with Crippen molar-refractivity contribution >= 4 is 22.6 Å². The number of pyridine rings is 1. The number of nitrogens with zero attached hydrogens (tertiary/aromatic N) is 1. The van der Waals surface area contributed by atoms with Gasteiger partial charge in [-0.15, -0.1) is 0 Å². The summed E-state index contributed by atoms with van der Waals surface area (Å²) in [5.41, 5.74) is 1.36. The van der Waals surface area contributed by atoms with Gasteiger partial charge in [0.15, 0.2) is 0 Å². The lowest BCUT2D eigenvalue weighted by molar-refractivity contribution is 0.242. The number of hydrogen-bond acceptors (Lipinski definition) is 4. The van der Waals surface area contributed by atoms with Gasteiger partial charge in [-0.3, -0.25) is 4.98 Å². The van der Waals surface area contributed by atoms with Crippen LogP contribution in [0.2, 0.25) is 5.02 Å². The fourth-order valence-corrected chi connectivity index (χ4v) is 2.45. The van der Waals surface area contributed by atoms with E-state index in [9.17, 15) is 4.79 Å². The molecule has 0 aliphatic carbocycles. The highest BCUT2D eigenvalue weighted by molar-refractivity contribution is 6.33. The van der Waals surface area contributed by atoms with Crippen molar-refractivity contribution in [2.45, 2.75) is 20.0 Å². The zero-order chi connectivity index (χ0) is 15.7. The van der Waals surface area contributed by atoms with Gasteiger partial charge in [0, 0.05) is 29.3 Å². The van der Waals surface area contributed by atoms with Crippen LogP contribution in [0.5, 0.6) is 5.75 Å². The van der Waals surface area contributed by atoms with Gasteiger partial charge in [0.2, 0.25) is 0 Å². The second-order valence-electron chi connectivity index (χ2n) is 5.14. The van der Waals surface area contributed by atoms with Gasteiger partial charge < -0.3 is 9.15 Å². The summed E-state index contributed by atoms with van der Waals surface area (Å²) >= 11 is 6.28. The Balaban J connectivity index is 2.27. The lowest BCUT2D eigenvalue weighted by atomic mass is 10.1. The van der Waals surface area contributed by atoms with Crippen molar-refractivity contribution in [2.75, 3.05) is 0 Å². The van der Waals surface area contributed by atoms with E-state index in [-0.39, 0.29) is 6.10 Å². The summed E-state index contributed by atoms with van der Waals surface area (Å²) in [6.45, 7) is 3.81. The fraction of sp³-hybridized carbons (Fsp3) is 0.176. The molecular weight excluding hydrogens is 302 g/mol. The third kappa shape index (κ3) is 2.83. The van der Waals surface area contributed by atoms with E-state index in [0.29, 0.717) is 27.6 Å². The normalized spacial score (nSPS) is 11.1. The van der Waals surface area contributed by atoms with Gasteiger partial charge in [-0.1, -0.05) is 17.7 Å². The first kappa shape index (κ1) is 14.6. The Bertz CT molecular complexity index is 872. The SMILES string of the molecule is CC(C)Oc1cc2oc(=O)cc(-c3ccccn3)c2cc1Cl. The zero-order valence-electron chi connectivity index (χ0n) is 12.2. The van der Waals surface area contributed by atoms with Crippen LogP contribution in [0.1, 0.15) is 13.8 Å². The first-order valence-corrected chi connectivity index (χ1v) is 7.28. The predicted molar refractivity (Wildman–Crippen MR) is 86.5 cm³/mol. The van der Waals surface area contributed by atoms with Crippen molar-refractivity contribution in [1.82, 2.24) is 4.98 Å². The number of hydrogen-bond donors (Lipinski definition) is 0. The summed E-state index contributed by atoms with van der Waals surface area (Å²) in [7, 11) is 0. The molecule has 0 radical (unpaired) electrons. The molecule has 0 atom stereocenters. The van der Waals surface area contributed by atoms with E-state index in [1.165, 1.54) is 6.07 Å². The maximum Gasteiger partial charge on any atom is 0.336 e. The monoisotopic (exact) mass is 315 g/mol. The Labute approximate surface area is 132 Å². The summed E-state index contributed by atoms with van der Waals surface area (Å²) in [5, 5.41) is 1.19.